The Labute approximate surface area is 164 Å². The van der Waals surface area contributed by atoms with E-state index in [0.29, 0.717) is 11.3 Å². The van der Waals surface area contributed by atoms with E-state index >= 15 is 0 Å². The van der Waals surface area contributed by atoms with Crippen molar-refractivity contribution in [3.05, 3.63) is 74.9 Å². The van der Waals surface area contributed by atoms with Gasteiger partial charge in [0.25, 0.3) is 0 Å². The summed E-state index contributed by atoms with van der Waals surface area (Å²) in [6.07, 6.45) is 0.847. The van der Waals surface area contributed by atoms with Gasteiger partial charge >= 0.3 is 5.63 Å². The highest BCUT2D eigenvalue weighted by molar-refractivity contribution is 7.99. The van der Waals surface area contributed by atoms with E-state index in [4.69, 9.17) is 16.0 Å². The quantitative estimate of drug-likeness (QED) is 0.585. The fourth-order valence-corrected chi connectivity index (χ4v) is 3.62. The molecule has 7 heteroatoms. The number of hydrogen-bond acceptors (Lipinski definition) is 4. The van der Waals surface area contributed by atoms with Gasteiger partial charge in [-0.25, -0.2) is 9.18 Å². The molecule has 0 aliphatic rings. The summed E-state index contributed by atoms with van der Waals surface area (Å²) in [4.78, 5) is 23.8. The highest BCUT2D eigenvalue weighted by atomic mass is 35.5. The molecule has 0 radical (unpaired) electrons. The topological polar surface area (TPSA) is 59.3 Å². The molecular weight excluding hydrogens is 389 g/mol. The van der Waals surface area contributed by atoms with Crippen molar-refractivity contribution in [2.45, 2.75) is 19.1 Å². The molecule has 0 aliphatic carbocycles. The highest BCUT2D eigenvalue weighted by Gasteiger charge is 2.10. The average Bonchev–Trinajstić information content (AvgIpc) is 2.63. The number of nitrogens with one attached hydrogen (secondary N) is 1. The van der Waals surface area contributed by atoms with Gasteiger partial charge in [-0.05, 0) is 41.8 Å². The molecule has 4 nitrogen and oxygen atoms in total. The molecule has 0 unspecified atom stereocenters. The maximum atomic E-state index is 13.7. The van der Waals surface area contributed by atoms with Crippen LogP contribution in [0.5, 0.6) is 0 Å². The second-order valence-electron chi connectivity index (χ2n) is 5.94. The molecule has 0 spiro atoms. The van der Waals surface area contributed by atoms with Crippen molar-refractivity contribution in [2.75, 3.05) is 11.1 Å². The van der Waals surface area contributed by atoms with E-state index in [1.807, 2.05) is 25.1 Å². The lowest BCUT2D eigenvalue weighted by atomic mass is 10.1. The van der Waals surface area contributed by atoms with Gasteiger partial charge in [-0.1, -0.05) is 30.7 Å². The number of amides is 1. The monoisotopic (exact) mass is 405 g/mol. The highest BCUT2D eigenvalue weighted by Crippen LogP contribution is 2.23. The van der Waals surface area contributed by atoms with Crippen LogP contribution >= 0.6 is 23.4 Å². The Morgan fingerprint density at radius 3 is 2.78 bits per heavy atom. The van der Waals surface area contributed by atoms with Gasteiger partial charge in [0, 0.05) is 22.2 Å². The lowest BCUT2D eigenvalue weighted by Gasteiger charge is -2.08. The predicted octanol–water partition coefficient (Wildman–Crippen LogP) is 5.02. The van der Waals surface area contributed by atoms with Crippen molar-refractivity contribution >= 4 is 45.9 Å². The summed E-state index contributed by atoms with van der Waals surface area (Å²) in [7, 11) is 0. The van der Waals surface area contributed by atoms with E-state index in [1.165, 1.54) is 30.0 Å². The van der Waals surface area contributed by atoms with Gasteiger partial charge in [-0.15, -0.1) is 11.8 Å². The van der Waals surface area contributed by atoms with E-state index in [2.05, 4.69) is 5.32 Å². The zero-order valence-corrected chi connectivity index (χ0v) is 16.1. The van der Waals surface area contributed by atoms with E-state index in [1.54, 1.807) is 0 Å². The molecule has 2 aromatic carbocycles. The van der Waals surface area contributed by atoms with Gasteiger partial charge in [0.05, 0.1) is 11.4 Å². The molecule has 3 rings (SSSR count). The van der Waals surface area contributed by atoms with Crippen LogP contribution in [-0.2, 0) is 17.0 Å². The lowest BCUT2D eigenvalue weighted by Crippen LogP contribution is -2.15. The predicted molar refractivity (Wildman–Crippen MR) is 108 cm³/mol. The Kier molecular flexibility index (Phi) is 6.19. The first-order chi connectivity index (χ1) is 13.0. The molecule has 0 atom stereocenters. The van der Waals surface area contributed by atoms with Crippen molar-refractivity contribution in [2.24, 2.45) is 0 Å². The number of thioether (sulfide) groups is 1. The molecule has 140 valence electrons. The Bertz CT molecular complexity index is 1050. The van der Waals surface area contributed by atoms with Gasteiger partial charge in [-0.2, -0.15) is 0 Å². The fraction of sp³-hybridized carbons (Fsp3) is 0.200. The number of benzene rings is 2. The van der Waals surface area contributed by atoms with Gasteiger partial charge in [0.15, 0.2) is 0 Å². The Hall–Kier alpha value is -2.31. The minimum Gasteiger partial charge on any atom is -0.423 e. The van der Waals surface area contributed by atoms with Crippen molar-refractivity contribution in [3.8, 4) is 0 Å². The summed E-state index contributed by atoms with van der Waals surface area (Å²) < 4.78 is 19.0. The summed E-state index contributed by atoms with van der Waals surface area (Å²) in [5.41, 5.74) is 2.10. The van der Waals surface area contributed by atoms with Crippen LogP contribution in [0.15, 0.2) is 51.7 Å². The fourth-order valence-electron chi connectivity index (χ4n) is 2.64. The van der Waals surface area contributed by atoms with Crippen LogP contribution in [0.1, 0.15) is 18.1 Å². The number of hydrogen-bond donors (Lipinski definition) is 1. The number of fused-ring (bicyclic) bond motifs is 1. The Morgan fingerprint density at radius 2 is 2.04 bits per heavy atom. The third-order valence-corrected chi connectivity index (χ3v) is 5.22. The molecule has 0 saturated carbocycles. The average molecular weight is 406 g/mol. The second-order valence-corrected chi connectivity index (χ2v) is 7.36. The third kappa shape index (κ3) is 4.90. The first-order valence-electron chi connectivity index (χ1n) is 8.34. The number of carbonyl (C=O) groups is 1. The Balaban J connectivity index is 1.66. The van der Waals surface area contributed by atoms with E-state index in [-0.39, 0.29) is 22.4 Å². The van der Waals surface area contributed by atoms with Gasteiger partial charge in [0.2, 0.25) is 5.91 Å². The molecule has 0 saturated heterocycles. The molecule has 1 N–H and O–H groups in total. The molecule has 3 aromatic rings. The molecule has 1 amide bonds. The smallest absolute Gasteiger partial charge is 0.336 e. The minimum atomic E-state index is -0.584. The van der Waals surface area contributed by atoms with E-state index in [0.717, 1.165) is 29.0 Å². The van der Waals surface area contributed by atoms with Gasteiger partial charge in [0.1, 0.15) is 11.4 Å². The zero-order valence-electron chi connectivity index (χ0n) is 14.6. The maximum absolute atomic E-state index is 13.7. The summed E-state index contributed by atoms with van der Waals surface area (Å²) in [6.45, 7) is 2.03. The second kappa shape index (κ2) is 8.59. The molecule has 1 aromatic heterocycles. The lowest BCUT2D eigenvalue weighted by molar-refractivity contribution is -0.113. The van der Waals surface area contributed by atoms with Crippen molar-refractivity contribution in [1.29, 1.82) is 0 Å². The van der Waals surface area contributed by atoms with E-state index in [9.17, 15) is 14.0 Å². The molecule has 27 heavy (non-hydrogen) atoms. The van der Waals surface area contributed by atoms with Gasteiger partial charge < -0.3 is 9.73 Å². The van der Waals surface area contributed by atoms with Crippen LogP contribution in [0, 0.1) is 5.82 Å². The summed E-state index contributed by atoms with van der Waals surface area (Å²) in [5, 5.41) is 3.63. The van der Waals surface area contributed by atoms with Crippen LogP contribution < -0.4 is 10.9 Å². The number of anilines is 1. The molecule has 0 fully saturated rings. The molecule has 0 aliphatic heterocycles. The summed E-state index contributed by atoms with van der Waals surface area (Å²) >= 11 is 7.03. The van der Waals surface area contributed by atoms with Crippen LogP contribution in [0.4, 0.5) is 10.1 Å². The minimum absolute atomic E-state index is 0.0860. The first kappa shape index (κ1) is 19.5. The Morgan fingerprint density at radius 1 is 1.22 bits per heavy atom. The van der Waals surface area contributed by atoms with Crippen molar-refractivity contribution < 1.29 is 13.6 Å². The zero-order chi connectivity index (χ0) is 19.4. The van der Waals surface area contributed by atoms with Crippen molar-refractivity contribution in [3.63, 3.8) is 0 Å². The van der Waals surface area contributed by atoms with Crippen LogP contribution in [-0.4, -0.2) is 11.7 Å². The van der Waals surface area contributed by atoms with Crippen molar-refractivity contribution in [1.82, 2.24) is 0 Å². The van der Waals surface area contributed by atoms with Crippen LogP contribution in [0.2, 0.25) is 5.02 Å². The molecule has 0 bridgehead atoms. The third-order valence-electron chi connectivity index (χ3n) is 4.00. The maximum Gasteiger partial charge on any atom is 0.336 e. The molecular formula is C20H17ClFNO3S. The summed E-state index contributed by atoms with van der Waals surface area (Å²) in [6, 6.07) is 11.3. The number of carbonyl (C=O) groups excluding carboxylic acids is 1. The number of halogens is 2. The largest absolute Gasteiger partial charge is 0.423 e. The first-order valence-corrected chi connectivity index (χ1v) is 9.88. The number of aryl methyl sites for hydroxylation is 1. The standard InChI is InChI=1S/C20H17ClFNO3S/c1-2-12-3-5-15-13(8-20(25)26-18(15)7-12)10-27-11-19(24)23-17-6-4-14(21)9-16(17)22/h3-9H,2,10-11H2,1H3,(H,23,24). The van der Waals surface area contributed by atoms with Gasteiger partial charge in [-0.3, -0.25) is 4.79 Å². The van der Waals surface area contributed by atoms with Crippen LogP contribution in [0.25, 0.3) is 11.0 Å². The van der Waals surface area contributed by atoms with E-state index < -0.39 is 11.4 Å². The summed E-state index contributed by atoms with van der Waals surface area (Å²) in [5.74, 6) is -0.331. The van der Waals surface area contributed by atoms with Crippen LogP contribution in [0.3, 0.4) is 0 Å². The SMILES string of the molecule is CCc1ccc2c(CSCC(=O)Nc3ccc(Cl)cc3F)cc(=O)oc2c1. The normalized spacial score (nSPS) is 10.9. The number of rotatable bonds is 6. The molecule has 1 heterocycles.